The first-order chi connectivity index (χ1) is 30.7. The van der Waals surface area contributed by atoms with E-state index in [1.165, 1.54) is 17.2 Å². The Morgan fingerprint density at radius 3 is 0.818 bits per heavy atom. The van der Waals surface area contributed by atoms with Crippen LogP contribution in [0.5, 0.6) is 0 Å². The number of hydrogen-bond donors (Lipinski definition) is 0. The van der Waals surface area contributed by atoms with Crippen molar-refractivity contribution < 1.29 is 33.7 Å². The van der Waals surface area contributed by atoms with Crippen LogP contribution in [0.25, 0.3) is 0 Å². The van der Waals surface area contributed by atoms with Crippen molar-refractivity contribution in [1.29, 1.82) is 0 Å². The monoisotopic (exact) mass is 982 g/mol. The second kappa shape index (κ2) is 19.9. The molecule has 0 N–H and O–H groups in total. The smallest absolute Gasteiger partial charge is 0.207 e. The SMILES string of the molecule is Cc1cc(C)c(S(=O)(=O)N2CCC(N(CCCCN(C3CCN(S(=O)(=O)c4c(C)cc(C)cc4C)CC3)S(=O)(=O)c3c(C)cc(C)cc3C)S(=O)(=O)c3c(C)cc(C)cc3C)CC2)c(C)c1. The molecule has 0 spiro atoms. The molecule has 16 heteroatoms. The Hall–Kier alpha value is -3.48. The Morgan fingerprint density at radius 1 is 0.379 bits per heavy atom. The topological polar surface area (TPSA) is 150 Å². The summed E-state index contributed by atoms with van der Waals surface area (Å²) in [5, 5.41) is 0. The molecule has 0 aliphatic carbocycles. The second-order valence-electron chi connectivity index (χ2n) is 19.1. The third-order valence-electron chi connectivity index (χ3n) is 13.4. The van der Waals surface area contributed by atoms with Gasteiger partial charge in [-0.05, 0) is 166 Å². The molecule has 0 bridgehead atoms. The maximum Gasteiger partial charge on any atom is 0.243 e. The molecule has 0 saturated carbocycles. The average Bonchev–Trinajstić information content (AvgIpc) is 3.17. The number of sulfonamides is 4. The van der Waals surface area contributed by atoms with Crippen LogP contribution in [0.15, 0.2) is 68.1 Å². The molecule has 362 valence electrons. The van der Waals surface area contributed by atoms with Crippen LogP contribution in [0.3, 0.4) is 0 Å². The Balaban J connectivity index is 1.27. The molecule has 0 amide bonds. The maximum absolute atomic E-state index is 14.9. The van der Waals surface area contributed by atoms with Crippen LogP contribution in [0.4, 0.5) is 0 Å². The largest absolute Gasteiger partial charge is 0.243 e. The van der Waals surface area contributed by atoms with E-state index in [2.05, 4.69) is 0 Å². The second-order valence-corrected chi connectivity index (χ2v) is 26.5. The number of unbranched alkanes of at least 4 members (excludes halogenated alkanes) is 1. The van der Waals surface area contributed by atoms with Gasteiger partial charge in [-0.3, -0.25) is 0 Å². The van der Waals surface area contributed by atoms with Gasteiger partial charge in [-0.15, -0.1) is 0 Å². The van der Waals surface area contributed by atoms with Crippen LogP contribution in [0.1, 0.15) is 105 Å². The number of hydrogen-bond acceptors (Lipinski definition) is 8. The maximum atomic E-state index is 14.9. The van der Waals surface area contributed by atoms with Crippen molar-refractivity contribution in [3.63, 3.8) is 0 Å². The summed E-state index contributed by atoms with van der Waals surface area (Å²) in [7, 11) is -15.9. The highest BCUT2D eigenvalue weighted by Crippen LogP contribution is 2.35. The molecule has 0 radical (unpaired) electrons. The van der Waals surface area contributed by atoms with Gasteiger partial charge >= 0.3 is 0 Å². The molecular formula is C50H70N4O8S4. The molecular weight excluding hydrogens is 913 g/mol. The summed E-state index contributed by atoms with van der Waals surface area (Å²) in [6.45, 7) is 22.9. The van der Waals surface area contributed by atoms with Crippen LogP contribution in [-0.4, -0.2) is 102 Å². The van der Waals surface area contributed by atoms with E-state index in [4.69, 9.17) is 0 Å². The molecule has 4 aromatic carbocycles. The number of aryl methyl sites for hydroxylation is 12. The van der Waals surface area contributed by atoms with Crippen LogP contribution in [0, 0.1) is 83.1 Å². The van der Waals surface area contributed by atoms with Gasteiger partial charge in [0.25, 0.3) is 0 Å². The lowest BCUT2D eigenvalue weighted by Crippen LogP contribution is -2.50. The van der Waals surface area contributed by atoms with Gasteiger partial charge in [0.15, 0.2) is 0 Å². The number of benzene rings is 4. The Labute approximate surface area is 396 Å². The molecule has 2 heterocycles. The minimum Gasteiger partial charge on any atom is -0.207 e. The first-order valence-electron chi connectivity index (χ1n) is 23.0. The molecule has 2 aliphatic heterocycles. The Morgan fingerprint density at radius 2 is 0.591 bits per heavy atom. The fourth-order valence-electron chi connectivity index (χ4n) is 11.1. The quantitative estimate of drug-likeness (QED) is 0.108. The van der Waals surface area contributed by atoms with Gasteiger partial charge in [-0.2, -0.15) is 17.2 Å². The molecule has 2 fully saturated rings. The molecule has 6 rings (SSSR count). The average molecular weight is 983 g/mol. The van der Waals surface area contributed by atoms with Gasteiger partial charge in [0, 0.05) is 51.4 Å². The van der Waals surface area contributed by atoms with E-state index in [0.29, 0.717) is 92.8 Å². The molecule has 0 unspecified atom stereocenters. The van der Waals surface area contributed by atoms with Gasteiger partial charge in [0.1, 0.15) is 0 Å². The number of rotatable bonds is 15. The van der Waals surface area contributed by atoms with E-state index >= 15 is 0 Å². The predicted molar refractivity (Wildman–Crippen MR) is 263 cm³/mol. The zero-order valence-corrected chi connectivity index (χ0v) is 44.2. The Bertz CT molecular complexity index is 2660. The minimum atomic E-state index is -4.09. The van der Waals surface area contributed by atoms with E-state index in [-0.39, 0.29) is 49.1 Å². The molecule has 0 atom stereocenters. The first kappa shape index (κ1) is 51.9. The minimum absolute atomic E-state index is 0.102. The van der Waals surface area contributed by atoms with Gasteiger partial charge in [0.2, 0.25) is 40.1 Å². The summed E-state index contributed by atoms with van der Waals surface area (Å²) in [4.78, 5) is 1.06. The Kier molecular flexibility index (Phi) is 15.6. The fraction of sp³-hybridized carbons (Fsp3) is 0.520. The molecule has 66 heavy (non-hydrogen) atoms. The molecule has 4 aromatic rings. The standard InChI is InChI=1S/C50H70N4O8S4/c1-33-25-37(5)47(38(6)26-33)63(55,56)51-21-15-45(16-22-51)53(65(59,60)49-41(9)29-35(3)30-42(49)10)19-13-14-20-54(66(61,62)50-43(11)31-36(4)32-44(50)12)46-17-23-52(24-18-46)64(57,58)48-39(7)27-34(2)28-40(48)8/h25-32,45-46H,13-24H2,1-12H3. The van der Waals surface area contributed by atoms with Crippen molar-refractivity contribution >= 4 is 40.1 Å². The summed E-state index contributed by atoms with van der Waals surface area (Å²) in [5.41, 5.74) is 9.07. The highest BCUT2D eigenvalue weighted by atomic mass is 32.2. The van der Waals surface area contributed by atoms with E-state index in [1.807, 2.05) is 76.2 Å². The summed E-state index contributed by atoms with van der Waals surface area (Å²) in [5.74, 6) is 0. The summed E-state index contributed by atoms with van der Waals surface area (Å²) in [6, 6.07) is 13.9. The van der Waals surface area contributed by atoms with Crippen molar-refractivity contribution in [2.75, 3.05) is 39.3 Å². The van der Waals surface area contributed by atoms with E-state index in [1.54, 1.807) is 55.4 Å². The highest BCUT2D eigenvalue weighted by molar-refractivity contribution is 7.90. The number of piperidine rings is 2. The van der Waals surface area contributed by atoms with Crippen LogP contribution in [0.2, 0.25) is 0 Å². The molecule has 12 nitrogen and oxygen atoms in total. The summed E-state index contributed by atoms with van der Waals surface area (Å²) >= 11 is 0. The van der Waals surface area contributed by atoms with Gasteiger partial charge in [-0.1, -0.05) is 70.8 Å². The van der Waals surface area contributed by atoms with Crippen LogP contribution < -0.4 is 0 Å². The zero-order valence-electron chi connectivity index (χ0n) is 40.9. The summed E-state index contributed by atoms with van der Waals surface area (Å²) in [6.07, 6.45) is 1.84. The molecule has 2 saturated heterocycles. The number of nitrogens with zero attached hydrogens (tertiary/aromatic N) is 4. The van der Waals surface area contributed by atoms with E-state index in [9.17, 15) is 33.7 Å². The summed E-state index contributed by atoms with van der Waals surface area (Å²) < 4.78 is 122. The fourth-order valence-corrected chi connectivity index (χ4v) is 19.1. The van der Waals surface area contributed by atoms with Gasteiger partial charge in [-0.25, -0.2) is 33.7 Å². The lowest BCUT2D eigenvalue weighted by molar-refractivity contribution is 0.201. The van der Waals surface area contributed by atoms with Crippen LogP contribution in [-0.2, 0) is 40.1 Å². The van der Waals surface area contributed by atoms with Crippen molar-refractivity contribution in [3.05, 3.63) is 115 Å². The predicted octanol–water partition coefficient (Wildman–Crippen LogP) is 8.56. The van der Waals surface area contributed by atoms with Crippen molar-refractivity contribution in [3.8, 4) is 0 Å². The van der Waals surface area contributed by atoms with Gasteiger partial charge in [0.05, 0.1) is 19.6 Å². The molecule has 0 aromatic heterocycles. The highest BCUT2D eigenvalue weighted by Gasteiger charge is 2.41. The third kappa shape index (κ3) is 10.4. The third-order valence-corrected chi connectivity index (χ3v) is 22.3. The normalized spacial score (nSPS) is 16.8. The lowest BCUT2D eigenvalue weighted by atomic mass is 10.1. The first-order valence-corrected chi connectivity index (χ1v) is 28.8. The van der Waals surface area contributed by atoms with Crippen LogP contribution >= 0.6 is 0 Å². The van der Waals surface area contributed by atoms with Crippen molar-refractivity contribution in [1.82, 2.24) is 17.2 Å². The zero-order chi connectivity index (χ0) is 48.8. The lowest BCUT2D eigenvalue weighted by Gasteiger charge is -2.39. The van der Waals surface area contributed by atoms with E-state index < -0.39 is 52.2 Å². The van der Waals surface area contributed by atoms with Crippen molar-refractivity contribution in [2.24, 2.45) is 0 Å². The molecule has 2 aliphatic rings. The van der Waals surface area contributed by atoms with E-state index in [0.717, 1.165) is 22.3 Å². The van der Waals surface area contributed by atoms with Gasteiger partial charge < -0.3 is 0 Å². The van der Waals surface area contributed by atoms with Crippen molar-refractivity contribution in [2.45, 2.75) is 153 Å².